The Kier molecular flexibility index (Phi) is 6.00. The smallest absolute Gasteiger partial charge is 0.231 e. The number of carbonyl (C=O) groups is 1. The minimum Gasteiger partial charge on any atom is -0.454 e. The fourth-order valence-corrected chi connectivity index (χ4v) is 5.71. The van der Waals surface area contributed by atoms with Crippen LogP contribution in [-0.4, -0.2) is 27.4 Å². The average molecular weight is 526 g/mol. The van der Waals surface area contributed by atoms with Gasteiger partial charge in [0.05, 0.1) is 17.8 Å². The lowest BCUT2D eigenvalue weighted by Crippen LogP contribution is -2.29. The summed E-state index contributed by atoms with van der Waals surface area (Å²) < 4.78 is 13.4. The van der Waals surface area contributed by atoms with E-state index in [4.69, 9.17) is 21.7 Å². The van der Waals surface area contributed by atoms with Crippen molar-refractivity contribution < 1.29 is 14.3 Å². The molecular weight excluding hydrogens is 498 g/mol. The van der Waals surface area contributed by atoms with Crippen LogP contribution in [-0.2, 0) is 4.79 Å². The molecule has 2 atom stereocenters. The molecule has 1 amide bonds. The number of aromatic nitrogens is 2. The van der Waals surface area contributed by atoms with Gasteiger partial charge in [0.1, 0.15) is 0 Å². The van der Waals surface area contributed by atoms with E-state index in [1.54, 1.807) is 6.20 Å². The molecule has 2 aliphatic rings. The number of thiocarbonyl (C=S) groups is 1. The topological polar surface area (TPSA) is 80.7 Å². The number of fused-ring (bicyclic) bond motifs is 1. The Hall–Kier alpha value is -4.37. The molecule has 0 aliphatic carbocycles. The van der Waals surface area contributed by atoms with E-state index in [0.717, 1.165) is 51.2 Å². The Bertz CT molecular complexity index is 1530. The number of nitrogens with one attached hydrogen (secondary N) is 2. The SMILES string of the molecule is CC(=O)Nc1ccc(N2C(=S)N[C@@H](c3ccccn3)[C@H]2c2cc(C)n(-c3ccc4c(c3)OCO4)c2C)cc1. The lowest BCUT2D eigenvalue weighted by molar-refractivity contribution is -0.114. The van der Waals surface area contributed by atoms with Crippen LogP contribution < -0.4 is 25.0 Å². The van der Waals surface area contributed by atoms with Gasteiger partial charge in [0.2, 0.25) is 12.7 Å². The molecule has 0 bridgehead atoms. The van der Waals surface area contributed by atoms with Gasteiger partial charge in [-0.15, -0.1) is 0 Å². The van der Waals surface area contributed by atoms with E-state index in [2.05, 4.69) is 45.0 Å². The van der Waals surface area contributed by atoms with Crippen molar-refractivity contribution in [3.63, 3.8) is 0 Å². The lowest BCUT2D eigenvalue weighted by Gasteiger charge is -2.28. The number of nitrogens with zero attached hydrogens (tertiary/aromatic N) is 3. The number of amides is 1. The van der Waals surface area contributed by atoms with Crippen LogP contribution in [0.25, 0.3) is 5.69 Å². The summed E-state index contributed by atoms with van der Waals surface area (Å²) in [6.07, 6.45) is 1.80. The van der Waals surface area contributed by atoms with Gasteiger partial charge in [-0.05, 0) is 86.2 Å². The second-order valence-corrected chi connectivity index (χ2v) is 9.81. The predicted molar refractivity (Wildman–Crippen MR) is 150 cm³/mol. The molecule has 4 heterocycles. The summed E-state index contributed by atoms with van der Waals surface area (Å²) in [5.74, 6) is 1.39. The first-order valence-electron chi connectivity index (χ1n) is 12.4. The highest BCUT2D eigenvalue weighted by Crippen LogP contribution is 2.44. The molecule has 0 unspecified atom stereocenters. The molecule has 0 radical (unpaired) electrons. The van der Waals surface area contributed by atoms with Crippen LogP contribution in [0.3, 0.4) is 0 Å². The number of hydrogen-bond donors (Lipinski definition) is 2. The molecule has 2 aliphatic heterocycles. The van der Waals surface area contributed by atoms with Crippen molar-refractivity contribution in [3.05, 3.63) is 95.6 Å². The summed E-state index contributed by atoms with van der Waals surface area (Å²) in [5, 5.41) is 6.97. The van der Waals surface area contributed by atoms with Crippen LogP contribution in [0.15, 0.2) is 72.9 Å². The van der Waals surface area contributed by atoms with Crippen molar-refractivity contribution in [2.45, 2.75) is 32.9 Å². The molecule has 8 nitrogen and oxygen atoms in total. The predicted octanol–water partition coefficient (Wildman–Crippen LogP) is 5.35. The summed E-state index contributed by atoms with van der Waals surface area (Å²) in [6.45, 7) is 5.96. The highest BCUT2D eigenvalue weighted by atomic mass is 32.1. The monoisotopic (exact) mass is 525 g/mol. The fraction of sp³-hybridized carbons (Fsp3) is 0.207. The third-order valence-corrected chi connectivity index (χ3v) is 7.28. The Morgan fingerprint density at radius 2 is 1.79 bits per heavy atom. The molecule has 2 aromatic heterocycles. The zero-order chi connectivity index (χ0) is 26.4. The molecule has 9 heteroatoms. The Morgan fingerprint density at radius 3 is 2.53 bits per heavy atom. The molecule has 6 rings (SSSR count). The number of pyridine rings is 1. The second kappa shape index (κ2) is 9.50. The maximum atomic E-state index is 11.5. The molecule has 4 aromatic rings. The summed E-state index contributed by atoms with van der Waals surface area (Å²) in [6, 6.07) is 21.6. The van der Waals surface area contributed by atoms with E-state index < -0.39 is 0 Å². The molecule has 1 fully saturated rings. The number of rotatable bonds is 5. The first-order valence-corrected chi connectivity index (χ1v) is 12.8. The second-order valence-electron chi connectivity index (χ2n) is 9.42. The Balaban J connectivity index is 1.46. The number of benzene rings is 2. The van der Waals surface area contributed by atoms with Crippen molar-refractivity contribution in [3.8, 4) is 17.2 Å². The Morgan fingerprint density at radius 1 is 1.03 bits per heavy atom. The van der Waals surface area contributed by atoms with E-state index >= 15 is 0 Å². The lowest BCUT2D eigenvalue weighted by atomic mass is 9.96. The summed E-state index contributed by atoms with van der Waals surface area (Å²) in [4.78, 5) is 18.3. The summed E-state index contributed by atoms with van der Waals surface area (Å²) >= 11 is 5.89. The van der Waals surface area contributed by atoms with Crippen LogP contribution in [0.5, 0.6) is 11.5 Å². The number of anilines is 2. The minimum atomic E-state index is -0.163. The van der Waals surface area contributed by atoms with Gasteiger partial charge in [0.15, 0.2) is 16.6 Å². The van der Waals surface area contributed by atoms with Crippen LogP contribution in [0, 0.1) is 13.8 Å². The average Bonchev–Trinajstić information content (AvgIpc) is 3.59. The maximum absolute atomic E-state index is 11.5. The zero-order valence-electron chi connectivity index (χ0n) is 21.3. The van der Waals surface area contributed by atoms with Gasteiger partial charge in [-0.3, -0.25) is 9.78 Å². The summed E-state index contributed by atoms with van der Waals surface area (Å²) in [5.41, 5.74) is 6.89. The van der Waals surface area contributed by atoms with Crippen molar-refractivity contribution >= 4 is 34.6 Å². The molecular formula is C29H27N5O3S. The molecule has 0 spiro atoms. The highest BCUT2D eigenvalue weighted by Gasteiger charge is 2.42. The molecule has 1 saturated heterocycles. The number of hydrogen-bond acceptors (Lipinski definition) is 5. The van der Waals surface area contributed by atoms with Crippen LogP contribution in [0.4, 0.5) is 11.4 Å². The first kappa shape index (κ1) is 24.0. The quantitative estimate of drug-likeness (QED) is 0.340. The van der Waals surface area contributed by atoms with Crippen molar-refractivity contribution in [1.82, 2.24) is 14.9 Å². The van der Waals surface area contributed by atoms with E-state index in [9.17, 15) is 4.79 Å². The van der Waals surface area contributed by atoms with Crippen LogP contribution >= 0.6 is 12.2 Å². The summed E-state index contributed by atoms with van der Waals surface area (Å²) in [7, 11) is 0. The van der Waals surface area contributed by atoms with Gasteiger partial charge >= 0.3 is 0 Å². The maximum Gasteiger partial charge on any atom is 0.231 e. The molecule has 0 saturated carbocycles. The standard InChI is InChI=1S/C29H27N5O3S/c1-17-14-23(18(2)33(17)22-11-12-25-26(15-22)37-16-36-25)28-27(24-6-4-5-13-30-24)32-29(38)34(28)21-9-7-20(8-10-21)31-19(3)35/h4-15,27-28H,16H2,1-3H3,(H,31,35)(H,32,38)/t27-,28+/m0/s1. The molecule has 2 aromatic carbocycles. The third-order valence-electron chi connectivity index (χ3n) is 6.97. The van der Waals surface area contributed by atoms with Crippen molar-refractivity contribution in [2.24, 2.45) is 0 Å². The normalized spacial score (nSPS) is 18.0. The number of carbonyl (C=O) groups excluding carboxylic acids is 1. The highest BCUT2D eigenvalue weighted by molar-refractivity contribution is 7.80. The van der Waals surface area contributed by atoms with Gasteiger partial charge in [-0.1, -0.05) is 6.07 Å². The molecule has 2 N–H and O–H groups in total. The van der Waals surface area contributed by atoms with Crippen molar-refractivity contribution in [1.29, 1.82) is 0 Å². The van der Waals surface area contributed by atoms with Gasteiger partial charge in [-0.2, -0.15) is 0 Å². The third kappa shape index (κ3) is 4.14. The largest absolute Gasteiger partial charge is 0.454 e. The Labute approximate surface area is 226 Å². The molecule has 192 valence electrons. The van der Waals surface area contributed by atoms with Crippen LogP contribution in [0.2, 0.25) is 0 Å². The van der Waals surface area contributed by atoms with E-state index in [1.807, 2.05) is 60.7 Å². The van der Waals surface area contributed by atoms with Gasteiger partial charge < -0.3 is 29.6 Å². The van der Waals surface area contributed by atoms with E-state index in [1.165, 1.54) is 6.92 Å². The van der Waals surface area contributed by atoms with Crippen molar-refractivity contribution in [2.75, 3.05) is 17.0 Å². The van der Waals surface area contributed by atoms with Gasteiger partial charge in [0, 0.05) is 47.6 Å². The zero-order valence-corrected chi connectivity index (χ0v) is 22.1. The van der Waals surface area contributed by atoms with E-state index in [0.29, 0.717) is 5.11 Å². The number of ether oxygens (including phenoxy) is 2. The minimum absolute atomic E-state index is 0.111. The van der Waals surface area contributed by atoms with Gasteiger partial charge in [0.25, 0.3) is 0 Å². The first-order chi connectivity index (χ1) is 18.4. The number of aryl methyl sites for hydroxylation is 1. The van der Waals surface area contributed by atoms with Crippen LogP contribution in [0.1, 0.15) is 41.7 Å². The molecule has 38 heavy (non-hydrogen) atoms. The fourth-order valence-electron chi connectivity index (χ4n) is 5.37. The van der Waals surface area contributed by atoms with Gasteiger partial charge in [-0.25, -0.2) is 0 Å². The van der Waals surface area contributed by atoms with E-state index in [-0.39, 0.29) is 24.8 Å².